The maximum atomic E-state index is 3.61. The minimum atomic E-state index is 0.662. The predicted molar refractivity (Wildman–Crippen MR) is 52.5 cm³/mol. The lowest BCUT2D eigenvalue weighted by molar-refractivity contribution is 0.732. The summed E-state index contributed by atoms with van der Waals surface area (Å²) >= 11 is 0. The molecule has 0 nitrogen and oxygen atoms in total. The van der Waals surface area contributed by atoms with Crippen molar-refractivity contribution < 1.29 is 0 Å². The zero-order chi connectivity index (χ0) is 8.69. The third kappa shape index (κ3) is 4.60. The standard InChI is InChI=1S/C11H18/c1-5-7-8-9-11(6-2)10(3)4/h5,7-10H,1,6H2,2-4H3/b8-7-,11-9-. The second-order valence-electron chi connectivity index (χ2n) is 2.87. The van der Waals surface area contributed by atoms with Crippen LogP contribution in [0.2, 0.25) is 0 Å². The molecule has 0 aliphatic carbocycles. The van der Waals surface area contributed by atoms with Gasteiger partial charge in [0.1, 0.15) is 0 Å². The zero-order valence-corrected chi connectivity index (χ0v) is 7.80. The highest BCUT2D eigenvalue weighted by Crippen LogP contribution is 2.12. The summed E-state index contributed by atoms with van der Waals surface area (Å²) in [6, 6.07) is 0. The molecule has 0 amide bonds. The highest BCUT2D eigenvalue weighted by Gasteiger charge is 1.96. The topological polar surface area (TPSA) is 0 Å². The molecule has 0 saturated heterocycles. The van der Waals surface area contributed by atoms with Gasteiger partial charge in [0.05, 0.1) is 0 Å². The second kappa shape index (κ2) is 5.96. The molecule has 0 aromatic carbocycles. The summed E-state index contributed by atoms with van der Waals surface area (Å²) in [5.41, 5.74) is 1.49. The van der Waals surface area contributed by atoms with Crippen molar-refractivity contribution >= 4 is 0 Å². The van der Waals surface area contributed by atoms with Crippen LogP contribution in [0.5, 0.6) is 0 Å². The van der Waals surface area contributed by atoms with Crippen LogP contribution in [-0.2, 0) is 0 Å². The first kappa shape index (κ1) is 10.2. The Labute approximate surface area is 70.3 Å². The molecule has 0 aliphatic heterocycles. The van der Waals surface area contributed by atoms with Crippen LogP contribution in [0.4, 0.5) is 0 Å². The minimum Gasteiger partial charge on any atom is -0.0991 e. The van der Waals surface area contributed by atoms with Gasteiger partial charge in [-0.3, -0.25) is 0 Å². The molecule has 0 radical (unpaired) electrons. The van der Waals surface area contributed by atoms with Gasteiger partial charge in [-0.25, -0.2) is 0 Å². The normalized spacial score (nSPS) is 12.9. The lowest BCUT2D eigenvalue weighted by atomic mass is 10.0. The Bertz CT molecular complexity index is 159. The van der Waals surface area contributed by atoms with Crippen LogP contribution in [0.1, 0.15) is 27.2 Å². The summed E-state index contributed by atoms with van der Waals surface area (Å²) < 4.78 is 0. The Hall–Kier alpha value is -0.780. The molecule has 62 valence electrons. The fourth-order valence-corrected chi connectivity index (χ4v) is 0.976. The van der Waals surface area contributed by atoms with Crippen molar-refractivity contribution in [2.24, 2.45) is 5.92 Å². The highest BCUT2D eigenvalue weighted by molar-refractivity contribution is 5.16. The molecule has 0 bridgehead atoms. The Kier molecular flexibility index (Phi) is 5.54. The SMILES string of the molecule is C=C/C=C\C=C(\CC)C(C)C. The van der Waals surface area contributed by atoms with E-state index in [0.717, 1.165) is 6.42 Å². The summed E-state index contributed by atoms with van der Waals surface area (Å²) in [4.78, 5) is 0. The molecule has 11 heavy (non-hydrogen) atoms. The molecule has 0 rings (SSSR count). The lowest BCUT2D eigenvalue weighted by Crippen LogP contribution is -1.90. The smallest absolute Gasteiger partial charge is 0.0257 e. The molecular weight excluding hydrogens is 132 g/mol. The van der Waals surface area contributed by atoms with Crippen LogP contribution >= 0.6 is 0 Å². The van der Waals surface area contributed by atoms with Crippen LogP contribution in [0, 0.1) is 5.92 Å². The predicted octanol–water partition coefficient (Wildman–Crippen LogP) is 3.72. The van der Waals surface area contributed by atoms with Crippen LogP contribution in [0.15, 0.2) is 36.5 Å². The quantitative estimate of drug-likeness (QED) is 0.536. The van der Waals surface area contributed by atoms with Gasteiger partial charge in [0, 0.05) is 0 Å². The maximum absolute atomic E-state index is 3.61. The summed E-state index contributed by atoms with van der Waals surface area (Å²) in [6.07, 6.45) is 9.11. The van der Waals surface area contributed by atoms with E-state index in [-0.39, 0.29) is 0 Å². The van der Waals surface area contributed by atoms with Gasteiger partial charge in [-0.15, -0.1) is 0 Å². The van der Waals surface area contributed by atoms with E-state index in [1.165, 1.54) is 5.57 Å². The van der Waals surface area contributed by atoms with E-state index in [1.54, 1.807) is 6.08 Å². The van der Waals surface area contributed by atoms with Gasteiger partial charge in [-0.05, 0) is 12.3 Å². The van der Waals surface area contributed by atoms with Crippen molar-refractivity contribution in [1.82, 2.24) is 0 Å². The summed E-state index contributed by atoms with van der Waals surface area (Å²) in [7, 11) is 0. The summed E-state index contributed by atoms with van der Waals surface area (Å²) in [6.45, 7) is 10.2. The fraction of sp³-hybridized carbons (Fsp3) is 0.455. The molecule has 0 heteroatoms. The Morgan fingerprint density at radius 1 is 1.36 bits per heavy atom. The number of rotatable bonds is 4. The van der Waals surface area contributed by atoms with E-state index in [4.69, 9.17) is 0 Å². The molecule has 0 heterocycles. The fourth-order valence-electron chi connectivity index (χ4n) is 0.976. The van der Waals surface area contributed by atoms with Crippen molar-refractivity contribution in [3.8, 4) is 0 Å². The van der Waals surface area contributed by atoms with E-state index in [0.29, 0.717) is 5.92 Å². The number of hydrogen-bond donors (Lipinski definition) is 0. The lowest BCUT2D eigenvalue weighted by Gasteiger charge is -2.06. The van der Waals surface area contributed by atoms with Gasteiger partial charge in [0.2, 0.25) is 0 Å². The number of hydrogen-bond acceptors (Lipinski definition) is 0. The monoisotopic (exact) mass is 150 g/mol. The third-order valence-electron chi connectivity index (χ3n) is 1.71. The van der Waals surface area contributed by atoms with Gasteiger partial charge in [-0.2, -0.15) is 0 Å². The van der Waals surface area contributed by atoms with Crippen molar-refractivity contribution in [3.63, 3.8) is 0 Å². The average Bonchev–Trinajstić information content (AvgIpc) is 1.97. The largest absolute Gasteiger partial charge is 0.0991 e. The van der Waals surface area contributed by atoms with Crippen molar-refractivity contribution in [2.45, 2.75) is 27.2 Å². The molecule has 0 fully saturated rings. The first-order chi connectivity index (χ1) is 5.22. The van der Waals surface area contributed by atoms with E-state index in [2.05, 4.69) is 33.4 Å². The molecule has 0 unspecified atom stereocenters. The van der Waals surface area contributed by atoms with E-state index < -0.39 is 0 Å². The Balaban J connectivity index is 4.11. The van der Waals surface area contributed by atoms with Crippen LogP contribution < -0.4 is 0 Å². The maximum Gasteiger partial charge on any atom is -0.0257 e. The zero-order valence-electron chi connectivity index (χ0n) is 7.80. The molecule has 0 N–H and O–H groups in total. The van der Waals surface area contributed by atoms with Gasteiger partial charge in [0.15, 0.2) is 0 Å². The molecule has 0 atom stereocenters. The van der Waals surface area contributed by atoms with Crippen molar-refractivity contribution in [2.75, 3.05) is 0 Å². The average molecular weight is 150 g/mol. The van der Waals surface area contributed by atoms with Gasteiger partial charge in [0.25, 0.3) is 0 Å². The van der Waals surface area contributed by atoms with Crippen LogP contribution in [0.25, 0.3) is 0 Å². The first-order valence-electron chi connectivity index (χ1n) is 4.20. The molecule has 0 spiro atoms. The Morgan fingerprint density at radius 3 is 2.36 bits per heavy atom. The van der Waals surface area contributed by atoms with E-state index in [1.807, 2.05) is 12.2 Å². The summed E-state index contributed by atoms with van der Waals surface area (Å²) in [5.74, 6) is 0.662. The highest BCUT2D eigenvalue weighted by atomic mass is 14.0. The molecule has 0 aliphatic rings. The summed E-state index contributed by atoms with van der Waals surface area (Å²) in [5, 5.41) is 0. The number of allylic oxidation sites excluding steroid dienone is 5. The third-order valence-corrected chi connectivity index (χ3v) is 1.71. The van der Waals surface area contributed by atoms with Crippen molar-refractivity contribution in [1.29, 1.82) is 0 Å². The van der Waals surface area contributed by atoms with Crippen LogP contribution in [0.3, 0.4) is 0 Å². The minimum absolute atomic E-state index is 0.662. The van der Waals surface area contributed by atoms with Gasteiger partial charge >= 0.3 is 0 Å². The second-order valence-corrected chi connectivity index (χ2v) is 2.87. The molecule has 0 aromatic rings. The first-order valence-corrected chi connectivity index (χ1v) is 4.20. The van der Waals surface area contributed by atoms with Crippen molar-refractivity contribution in [3.05, 3.63) is 36.5 Å². The van der Waals surface area contributed by atoms with E-state index >= 15 is 0 Å². The van der Waals surface area contributed by atoms with Gasteiger partial charge in [-0.1, -0.05) is 57.2 Å². The van der Waals surface area contributed by atoms with E-state index in [9.17, 15) is 0 Å². The van der Waals surface area contributed by atoms with Gasteiger partial charge < -0.3 is 0 Å². The molecular formula is C11H18. The Morgan fingerprint density at radius 2 is 2.00 bits per heavy atom. The molecule has 0 saturated carbocycles. The van der Waals surface area contributed by atoms with Crippen LogP contribution in [-0.4, -0.2) is 0 Å². The molecule has 0 aromatic heterocycles.